The van der Waals surface area contributed by atoms with Crippen LogP contribution in [0.3, 0.4) is 0 Å². The maximum Gasteiger partial charge on any atom is 0.320 e. The molecule has 1 aromatic rings. The molecule has 0 spiro atoms. The molecule has 0 saturated carbocycles. The number of hydrogen-bond acceptors (Lipinski definition) is 3. The van der Waals surface area contributed by atoms with E-state index in [1.165, 1.54) is 0 Å². The summed E-state index contributed by atoms with van der Waals surface area (Å²) in [5, 5.41) is 8.74. The summed E-state index contributed by atoms with van der Waals surface area (Å²) >= 11 is 0. The second kappa shape index (κ2) is 6.52. The average molecular weight is 250 g/mol. The number of rotatable bonds is 6. The molecule has 2 unspecified atom stereocenters. The van der Waals surface area contributed by atoms with Crippen LogP contribution in [0.5, 0.6) is 0 Å². The maximum absolute atomic E-state index is 10.7. The Morgan fingerprint density at radius 2 is 1.78 bits per heavy atom. The minimum Gasteiger partial charge on any atom is -0.480 e. The van der Waals surface area contributed by atoms with Crippen LogP contribution >= 0.6 is 0 Å². The van der Waals surface area contributed by atoms with Crippen LogP contribution < -0.4 is 11.5 Å². The van der Waals surface area contributed by atoms with Gasteiger partial charge in [-0.15, -0.1) is 0 Å². The van der Waals surface area contributed by atoms with E-state index in [4.69, 9.17) is 16.6 Å². The lowest BCUT2D eigenvalue weighted by molar-refractivity contribution is -0.138. The fourth-order valence-corrected chi connectivity index (χ4v) is 1.89. The molecule has 0 bridgehead atoms. The Morgan fingerprint density at radius 3 is 2.22 bits per heavy atom. The molecule has 4 heteroatoms. The fourth-order valence-electron chi connectivity index (χ4n) is 1.89. The number of benzene rings is 1. The highest BCUT2D eigenvalue weighted by atomic mass is 16.4. The van der Waals surface area contributed by atoms with Crippen molar-refractivity contribution in [2.45, 2.75) is 38.8 Å². The van der Waals surface area contributed by atoms with Crippen LogP contribution in [0.1, 0.15) is 37.4 Å². The summed E-state index contributed by atoms with van der Waals surface area (Å²) < 4.78 is 0. The standard InChI is InChI=1S/C14H22N2O2/c1-9(2)7-12(15)11-5-3-10(4-6-11)8-13(16)14(17)18/h3-6,9,12-13H,7-8,15-16H2,1-2H3,(H,17,18). The molecule has 0 aliphatic heterocycles. The molecule has 1 aromatic carbocycles. The first-order valence-electron chi connectivity index (χ1n) is 6.23. The molecule has 0 heterocycles. The monoisotopic (exact) mass is 250 g/mol. The number of aliphatic carboxylic acids is 1. The third-order valence-corrected chi connectivity index (χ3v) is 2.91. The first-order chi connectivity index (χ1) is 8.40. The topological polar surface area (TPSA) is 89.3 Å². The van der Waals surface area contributed by atoms with Crippen LogP contribution in [-0.2, 0) is 11.2 Å². The smallest absolute Gasteiger partial charge is 0.320 e. The fraction of sp³-hybridized carbons (Fsp3) is 0.500. The molecular formula is C14H22N2O2. The summed E-state index contributed by atoms with van der Waals surface area (Å²) in [5.41, 5.74) is 13.6. The van der Waals surface area contributed by atoms with E-state index in [0.717, 1.165) is 17.5 Å². The van der Waals surface area contributed by atoms with E-state index in [1.54, 1.807) is 0 Å². The van der Waals surface area contributed by atoms with Crippen molar-refractivity contribution >= 4 is 5.97 Å². The normalized spacial score (nSPS) is 14.5. The van der Waals surface area contributed by atoms with Gasteiger partial charge in [-0.3, -0.25) is 4.79 Å². The zero-order chi connectivity index (χ0) is 13.7. The maximum atomic E-state index is 10.7. The summed E-state index contributed by atoms with van der Waals surface area (Å²) in [7, 11) is 0. The van der Waals surface area contributed by atoms with Crippen LogP contribution in [-0.4, -0.2) is 17.1 Å². The second-order valence-electron chi connectivity index (χ2n) is 5.13. The Morgan fingerprint density at radius 1 is 1.22 bits per heavy atom. The average Bonchev–Trinajstić information content (AvgIpc) is 2.28. The van der Waals surface area contributed by atoms with Gasteiger partial charge in [-0.2, -0.15) is 0 Å². The molecule has 100 valence electrons. The summed E-state index contributed by atoms with van der Waals surface area (Å²) in [6.07, 6.45) is 1.28. The lowest BCUT2D eigenvalue weighted by atomic mass is 9.96. The molecule has 18 heavy (non-hydrogen) atoms. The van der Waals surface area contributed by atoms with Crippen molar-refractivity contribution in [2.24, 2.45) is 17.4 Å². The summed E-state index contributed by atoms with van der Waals surface area (Å²) in [6.45, 7) is 4.28. The predicted octanol–water partition coefficient (Wildman–Crippen LogP) is 1.69. The van der Waals surface area contributed by atoms with Gasteiger partial charge in [0.05, 0.1) is 0 Å². The van der Waals surface area contributed by atoms with Crippen LogP contribution in [0.2, 0.25) is 0 Å². The van der Waals surface area contributed by atoms with Gasteiger partial charge in [0.1, 0.15) is 6.04 Å². The highest BCUT2D eigenvalue weighted by molar-refractivity contribution is 5.73. The third-order valence-electron chi connectivity index (χ3n) is 2.91. The van der Waals surface area contributed by atoms with Crippen molar-refractivity contribution in [2.75, 3.05) is 0 Å². The molecule has 0 amide bonds. The van der Waals surface area contributed by atoms with E-state index >= 15 is 0 Å². The van der Waals surface area contributed by atoms with Gasteiger partial charge in [0.15, 0.2) is 0 Å². The second-order valence-corrected chi connectivity index (χ2v) is 5.13. The summed E-state index contributed by atoms with van der Waals surface area (Å²) in [6, 6.07) is 6.90. The van der Waals surface area contributed by atoms with Crippen molar-refractivity contribution in [1.29, 1.82) is 0 Å². The first kappa shape index (κ1) is 14.7. The van der Waals surface area contributed by atoms with E-state index in [-0.39, 0.29) is 6.04 Å². The van der Waals surface area contributed by atoms with Gasteiger partial charge < -0.3 is 16.6 Å². The highest BCUT2D eigenvalue weighted by Gasteiger charge is 2.13. The quantitative estimate of drug-likeness (QED) is 0.716. The molecule has 1 rings (SSSR count). The van der Waals surface area contributed by atoms with Gasteiger partial charge in [0.2, 0.25) is 0 Å². The summed E-state index contributed by atoms with van der Waals surface area (Å²) in [5.74, 6) is -0.421. The number of carboxylic acid groups (broad SMARTS) is 1. The van der Waals surface area contributed by atoms with Gasteiger partial charge in [0.25, 0.3) is 0 Å². The third kappa shape index (κ3) is 4.47. The van der Waals surface area contributed by atoms with Gasteiger partial charge in [-0.25, -0.2) is 0 Å². The van der Waals surface area contributed by atoms with E-state index < -0.39 is 12.0 Å². The van der Waals surface area contributed by atoms with Crippen LogP contribution in [0.25, 0.3) is 0 Å². The van der Waals surface area contributed by atoms with E-state index in [0.29, 0.717) is 12.3 Å². The lowest BCUT2D eigenvalue weighted by Gasteiger charge is -2.15. The molecular weight excluding hydrogens is 228 g/mol. The molecule has 2 atom stereocenters. The molecule has 0 aliphatic rings. The van der Waals surface area contributed by atoms with Crippen LogP contribution in [0.15, 0.2) is 24.3 Å². The van der Waals surface area contributed by atoms with Gasteiger partial charge in [-0.05, 0) is 29.9 Å². The highest BCUT2D eigenvalue weighted by Crippen LogP contribution is 2.19. The molecule has 4 nitrogen and oxygen atoms in total. The molecule has 0 radical (unpaired) electrons. The Kier molecular flexibility index (Phi) is 5.31. The van der Waals surface area contributed by atoms with Crippen molar-refractivity contribution < 1.29 is 9.90 Å². The van der Waals surface area contributed by atoms with Crippen LogP contribution in [0.4, 0.5) is 0 Å². The largest absolute Gasteiger partial charge is 0.480 e. The van der Waals surface area contributed by atoms with Gasteiger partial charge >= 0.3 is 5.97 Å². The first-order valence-corrected chi connectivity index (χ1v) is 6.23. The van der Waals surface area contributed by atoms with Crippen molar-refractivity contribution in [3.63, 3.8) is 0 Å². The van der Waals surface area contributed by atoms with E-state index in [1.807, 2.05) is 24.3 Å². The zero-order valence-corrected chi connectivity index (χ0v) is 11.0. The van der Waals surface area contributed by atoms with Crippen molar-refractivity contribution in [3.05, 3.63) is 35.4 Å². The molecule has 0 fully saturated rings. The van der Waals surface area contributed by atoms with E-state index in [9.17, 15) is 4.79 Å². The van der Waals surface area contributed by atoms with Crippen molar-refractivity contribution in [3.8, 4) is 0 Å². The SMILES string of the molecule is CC(C)CC(N)c1ccc(CC(N)C(=O)O)cc1. The lowest BCUT2D eigenvalue weighted by Crippen LogP contribution is -2.32. The van der Waals surface area contributed by atoms with Gasteiger partial charge in [-0.1, -0.05) is 38.1 Å². The molecule has 0 saturated heterocycles. The summed E-state index contributed by atoms with van der Waals surface area (Å²) in [4.78, 5) is 10.7. The van der Waals surface area contributed by atoms with E-state index in [2.05, 4.69) is 13.8 Å². The Balaban J connectivity index is 2.65. The number of nitrogens with two attached hydrogens (primary N) is 2. The molecule has 0 aromatic heterocycles. The minimum absolute atomic E-state index is 0.0344. The number of carboxylic acids is 1. The zero-order valence-electron chi connectivity index (χ0n) is 11.0. The minimum atomic E-state index is -0.976. The Hall–Kier alpha value is -1.39. The Bertz CT molecular complexity index is 387. The van der Waals surface area contributed by atoms with Gasteiger partial charge in [0, 0.05) is 6.04 Å². The van der Waals surface area contributed by atoms with Crippen molar-refractivity contribution in [1.82, 2.24) is 0 Å². The predicted molar refractivity (Wildman–Crippen MR) is 72.1 cm³/mol. The molecule has 0 aliphatic carbocycles. The number of hydrogen-bond donors (Lipinski definition) is 3. The molecule has 5 N–H and O–H groups in total. The van der Waals surface area contributed by atoms with Crippen LogP contribution in [0, 0.1) is 5.92 Å². The Labute approximate surface area is 108 Å². The number of carbonyl (C=O) groups is 1.